The van der Waals surface area contributed by atoms with E-state index in [-0.39, 0.29) is 11.9 Å². The molecular weight excluding hydrogens is 240 g/mol. The SMILES string of the molecule is Cc1cc(C)c(CN2C(=O)NC(=O)C2(C)C)c(C)c1. The number of carbonyl (C=O) groups is 2. The maximum Gasteiger partial charge on any atom is 0.325 e. The summed E-state index contributed by atoms with van der Waals surface area (Å²) in [5, 5.41) is 2.38. The summed E-state index contributed by atoms with van der Waals surface area (Å²) in [5.74, 6) is -0.236. The lowest BCUT2D eigenvalue weighted by Crippen LogP contribution is -2.43. The molecule has 1 aliphatic heterocycles. The van der Waals surface area contributed by atoms with Gasteiger partial charge < -0.3 is 4.90 Å². The van der Waals surface area contributed by atoms with Crippen molar-refractivity contribution < 1.29 is 9.59 Å². The predicted molar refractivity (Wildman–Crippen MR) is 73.8 cm³/mol. The van der Waals surface area contributed by atoms with Gasteiger partial charge in [-0.05, 0) is 51.3 Å². The van der Waals surface area contributed by atoms with Crippen LogP contribution in [0, 0.1) is 20.8 Å². The smallest absolute Gasteiger partial charge is 0.306 e. The summed E-state index contributed by atoms with van der Waals surface area (Å²) >= 11 is 0. The first kappa shape index (κ1) is 13.6. The molecular formula is C15H20N2O2. The van der Waals surface area contributed by atoms with Gasteiger partial charge in [0.15, 0.2) is 0 Å². The van der Waals surface area contributed by atoms with Crippen molar-refractivity contribution in [3.63, 3.8) is 0 Å². The van der Waals surface area contributed by atoms with E-state index < -0.39 is 5.54 Å². The van der Waals surface area contributed by atoms with Gasteiger partial charge in [-0.3, -0.25) is 10.1 Å². The molecule has 0 atom stereocenters. The molecule has 4 heteroatoms. The van der Waals surface area contributed by atoms with Crippen LogP contribution >= 0.6 is 0 Å². The van der Waals surface area contributed by atoms with E-state index in [1.807, 2.05) is 13.8 Å². The summed E-state index contributed by atoms with van der Waals surface area (Å²) in [6.45, 7) is 10.1. The van der Waals surface area contributed by atoms with Crippen molar-refractivity contribution in [2.24, 2.45) is 0 Å². The maximum absolute atomic E-state index is 11.9. The van der Waals surface area contributed by atoms with E-state index in [1.54, 1.807) is 18.7 Å². The number of aryl methyl sites for hydroxylation is 3. The zero-order valence-electron chi connectivity index (χ0n) is 12.1. The van der Waals surface area contributed by atoms with Gasteiger partial charge in [-0.2, -0.15) is 0 Å². The van der Waals surface area contributed by atoms with Gasteiger partial charge in [-0.25, -0.2) is 4.79 Å². The van der Waals surface area contributed by atoms with E-state index in [1.165, 1.54) is 5.56 Å². The van der Waals surface area contributed by atoms with Crippen LogP contribution in [0.25, 0.3) is 0 Å². The maximum atomic E-state index is 11.9. The van der Waals surface area contributed by atoms with Gasteiger partial charge in [0, 0.05) is 6.54 Å². The van der Waals surface area contributed by atoms with Crippen molar-refractivity contribution in [3.05, 3.63) is 34.4 Å². The predicted octanol–water partition coefficient (Wildman–Crippen LogP) is 2.44. The van der Waals surface area contributed by atoms with Gasteiger partial charge in [-0.15, -0.1) is 0 Å². The number of nitrogens with zero attached hydrogens (tertiary/aromatic N) is 1. The van der Waals surface area contributed by atoms with E-state index in [4.69, 9.17) is 0 Å². The second-order valence-electron chi connectivity index (χ2n) is 5.78. The molecule has 1 aromatic carbocycles. The van der Waals surface area contributed by atoms with Gasteiger partial charge in [-0.1, -0.05) is 17.7 Å². The first-order valence-corrected chi connectivity index (χ1v) is 6.43. The van der Waals surface area contributed by atoms with Crippen molar-refractivity contribution in [3.8, 4) is 0 Å². The molecule has 0 radical (unpaired) electrons. The summed E-state index contributed by atoms with van der Waals surface area (Å²) in [7, 11) is 0. The first-order chi connectivity index (χ1) is 8.73. The number of hydrogen-bond donors (Lipinski definition) is 1. The van der Waals surface area contributed by atoms with E-state index in [0.29, 0.717) is 6.54 Å². The fourth-order valence-corrected chi connectivity index (χ4v) is 2.58. The fourth-order valence-electron chi connectivity index (χ4n) is 2.58. The van der Waals surface area contributed by atoms with Crippen molar-refractivity contribution in [1.82, 2.24) is 10.2 Å². The molecule has 1 N–H and O–H groups in total. The number of imide groups is 1. The van der Waals surface area contributed by atoms with Crippen LogP contribution in [0.1, 0.15) is 36.1 Å². The molecule has 0 spiro atoms. The molecule has 0 aromatic heterocycles. The molecule has 0 unspecified atom stereocenters. The standard InChI is InChI=1S/C15H20N2O2/c1-9-6-10(2)12(11(3)7-9)8-17-14(19)16-13(18)15(17,4)5/h6-7H,8H2,1-5H3,(H,16,18,19). The van der Waals surface area contributed by atoms with Crippen LogP contribution in [0.3, 0.4) is 0 Å². The van der Waals surface area contributed by atoms with Crippen LogP contribution in [0.5, 0.6) is 0 Å². The van der Waals surface area contributed by atoms with Crippen LogP contribution in [0.2, 0.25) is 0 Å². The van der Waals surface area contributed by atoms with E-state index in [9.17, 15) is 9.59 Å². The lowest BCUT2D eigenvalue weighted by molar-refractivity contribution is -0.125. The fraction of sp³-hybridized carbons (Fsp3) is 0.467. The van der Waals surface area contributed by atoms with Crippen LogP contribution in [-0.4, -0.2) is 22.4 Å². The van der Waals surface area contributed by atoms with Crippen LogP contribution in [0.15, 0.2) is 12.1 Å². The summed E-state index contributed by atoms with van der Waals surface area (Å²) < 4.78 is 0. The van der Waals surface area contributed by atoms with E-state index >= 15 is 0 Å². The van der Waals surface area contributed by atoms with Crippen molar-refractivity contribution in [2.75, 3.05) is 0 Å². The Bertz CT molecular complexity index is 538. The lowest BCUT2D eigenvalue weighted by Gasteiger charge is -2.29. The third-order valence-electron chi connectivity index (χ3n) is 3.85. The average molecular weight is 260 g/mol. The molecule has 1 fully saturated rings. The van der Waals surface area contributed by atoms with Crippen molar-refractivity contribution >= 4 is 11.9 Å². The van der Waals surface area contributed by atoms with Crippen LogP contribution in [0.4, 0.5) is 4.79 Å². The Labute approximate surface area is 113 Å². The molecule has 0 saturated carbocycles. The highest BCUT2D eigenvalue weighted by Crippen LogP contribution is 2.26. The minimum atomic E-state index is -0.791. The first-order valence-electron chi connectivity index (χ1n) is 6.43. The summed E-state index contributed by atoms with van der Waals surface area (Å²) in [5.41, 5.74) is 3.84. The molecule has 1 aromatic rings. The normalized spacial score (nSPS) is 17.8. The third kappa shape index (κ3) is 2.23. The number of rotatable bonds is 2. The monoisotopic (exact) mass is 260 g/mol. The Morgan fingerprint density at radius 2 is 1.63 bits per heavy atom. The zero-order chi connectivity index (χ0) is 14.4. The largest absolute Gasteiger partial charge is 0.325 e. The van der Waals surface area contributed by atoms with Crippen LogP contribution in [-0.2, 0) is 11.3 Å². The molecule has 0 bridgehead atoms. The lowest BCUT2D eigenvalue weighted by atomic mass is 9.97. The molecule has 0 aliphatic carbocycles. The topological polar surface area (TPSA) is 49.4 Å². The highest BCUT2D eigenvalue weighted by molar-refractivity contribution is 6.06. The van der Waals surface area contributed by atoms with Gasteiger partial charge in [0.25, 0.3) is 5.91 Å². The number of carbonyl (C=O) groups excluding carboxylic acids is 2. The second-order valence-corrected chi connectivity index (χ2v) is 5.78. The quantitative estimate of drug-likeness (QED) is 0.830. The number of amides is 3. The Hall–Kier alpha value is -1.84. The Balaban J connectivity index is 2.37. The molecule has 4 nitrogen and oxygen atoms in total. The molecule has 3 amide bonds. The highest BCUT2D eigenvalue weighted by Gasteiger charge is 2.45. The number of benzene rings is 1. The molecule has 1 heterocycles. The summed E-state index contributed by atoms with van der Waals surface area (Å²) in [6.07, 6.45) is 0. The van der Waals surface area contributed by atoms with E-state index in [0.717, 1.165) is 16.7 Å². The Kier molecular flexibility index (Phi) is 3.12. The molecule has 2 rings (SSSR count). The van der Waals surface area contributed by atoms with Crippen molar-refractivity contribution in [2.45, 2.75) is 46.7 Å². The van der Waals surface area contributed by atoms with Gasteiger partial charge >= 0.3 is 6.03 Å². The third-order valence-corrected chi connectivity index (χ3v) is 3.85. The molecule has 1 saturated heterocycles. The Morgan fingerprint density at radius 1 is 1.11 bits per heavy atom. The summed E-state index contributed by atoms with van der Waals surface area (Å²) in [6, 6.07) is 3.89. The minimum Gasteiger partial charge on any atom is -0.306 e. The number of hydrogen-bond acceptors (Lipinski definition) is 2. The van der Waals surface area contributed by atoms with Gasteiger partial charge in [0.05, 0.1) is 0 Å². The highest BCUT2D eigenvalue weighted by atomic mass is 16.2. The Morgan fingerprint density at radius 3 is 2.05 bits per heavy atom. The zero-order valence-corrected chi connectivity index (χ0v) is 12.1. The minimum absolute atomic E-state index is 0.236. The number of urea groups is 1. The van der Waals surface area contributed by atoms with Gasteiger partial charge in [0.1, 0.15) is 5.54 Å². The average Bonchev–Trinajstić information content (AvgIpc) is 2.44. The molecule has 102 valence electrons. The van der Waals surface area contributed by atoms with Crippen molar-refractivity contribution in [1.29, 1.82) is 0 Å². The van der Waals surface area contributed by atoms with Gasteiger partial charge in [0.2, 0.25) is 0 Å². The van der Waals surface area contributed by atoms with Crippen LogP contribution < -0.4 is 5.32 Å². The molecule has 1 aliphatic rings. The molecule has 19 heavy (non-hydrogen) atoms. The second kappa shape index (κ2) is 4.37. The number of nitrogens with one attached hydrogen (secondary N) is 1. The van der Waals surface area contributed by atoms with E-state index in [2.05, 4.69) is 24.4 Å². The summed E-state index contributed by atoms with van der Waals surface area (Å²) in [4.78, 5) is 25.2.